The Morgan fingerprint density at radius 3 is 1.40 bits per heavy atom. The van der Waals surface area contributed by atoms with Gasteiger partial charge in [-0.3, -0.25) is 9.59 Å². The molecule has 0 aliphatic heterocycles. The zero-order valence-corrected chi connectivity index (χ0v) is 14.2. The van der Waals surface area contributed by atoms with Crippen LogP contribution < -0.4 is 11.1 Å². The Balaban J connectivity index is 1.99. The van der Waals surface area contributed by atoms with Gasteiger partial charge in [0.05, 0.1) is 0 Å². The Hall–Kier alpha value is -3.14. The number of hydrogen-bond donors (Lipinski definition) is 0. The zero-order valence-electron chi connectivity index (χ0n) is 14.2. The Bertz CT molecular complexity index is 1140. The fourth-order valence-corrected chi connectivity index (χ4v) is 3.49. The monoisotopic (exact) mass is 330 g/mol. The summed E-state index contributed by atoms with van der Waals surface area (Å²) < 4.78 is 3.25. The second kappa shape index (κ2) is 5.74. The molecule has 4 rings (SSSR count). The minimum Gasteiger partial charge on any atom is -0.318 e. The number of fused-ring (bicyclic) bond motifs is 2. The molecule has 4 nitrogen and oxygen atoms in total. The molecule has 25 heavy (non-hydrogen) atoms. The lowest BCUT2D eigenvalue weighted by molar-refractivity contribution is 0.847. The normalized spacial score (nSPS) is 11.3. The van der Waals surface area contributed by atoms with Crippen molar-refractivity contribution in [1.29, 1.82) is 0 Å². The predicted molar refractivity (Wildman–Crippen MR) is 101 cm³/mol. The number of nitrogens with zero attached hydrogens (tertiary/aromatic N) is 2. The van der Waals surface area contributed by atoms with E-state index in [4.69, 9.17) is 0 Å². The Kier molecular flexibility index (Phi) is 3.53. The van der Waals surface area contributed by atoms with Gasteiger partial charge >= 0.3 is 0 Å². The van der Waals surface area contributed by atoms with E-state index in [0.29, 0.717) is 6.42 Å². The molecule has 0 aliphatic carbocycles. The van der Waals surface area contributed by atoms with Crippen molar-refractivity contribution in [2.75, 3.05) is 0 Å². The van der Waals surface area contributed by atoms with Crippen LogP contribution in [0.15, 0.2) is 70.5 Å². The van der Waals surface area contributed by atoms with Crippen molar-refractivity contribution in [3.63, 3.8) is 0 Å². The molecule has 0 atom stereocenters. The minimum atomic E-state index is 0.00432. The molecular formula is C21H18N2O2. The molecular weight excluding hydrogens is 312 g/mol. The van der Waals surface area contributed by atoms with Crippen molar-refractivity contribution in [2.24, 2.45) is 14.1 Å². The van der Waals surface area contributed by atoms with E-state index in [-0.39, 0.29) is 11.1 Å². The van der Waals surface area contributed by atoms with Crippen LogP contribution in [0.2, 0.25) is 0 Å². The second-order valence-electron chi connectivity index (χ2n) is 6.41. The van der Waals surface area contributed by atoms with Crippen molar-refractivity contribution < 1.29 is 0 Å². The standard InChI is InChI=1S/C21H18N2O2/c1-22-12-14(16-7-3-5-9-18(16)20(22)24)11-15-13-23(2)21(25)19-10-6-4-8-17(15)19/h3-10,12-13H,11H2,1-2H3. The van der Waals surface area contributed by atoms with Crippen molar-refractivity contribution in [1.82, 2.24) is 9.13 Å². The molecule has 0 aliphatic rings. The van der Waals surface area contributed by atoms with Crippen LogP contribution >= 0.6 is 0 Å². The van der Waals surface area contributed by atoms with Crippen molar-refractivity contribution in [2.45, 2.75) is 6.42 Å². The molecule has 4 heteroatoms. The molecule has 2 heterocycles. The van der Waals surface area contributed by atoms with Gasteiger partial charge in [0.2, 0.25) is 0 Å². The number of rotatable bonds is 2. The first-order valence-electron chi connectivity index (χ1n) is 8.21. The zero-order chi connectivity index (χ0) is 17.6. The van der Waals surface area contributed by atoms with Crippen molar-refractivity contribution >= 4 is 21.5 Å². The highest BCUT2D eigenvalue weighted by Gasteiger charge is 2.11. The predicted octanol–water partition coefficient (Wildman–Crippen LogP) is 2.98. The lowest BCUT2D eigenvalue weighted by Crippen LogP contribution is -2.19. The van der Waals surface area contributed by atoms with Crippen LogP contribution in [0.3, 0.4) is 0 Å². The first kappa shape index (κ1) is 15.4. The van der Waals surface area contributed by atoms with Gasteiger partial charge in [0.15, 0.2) is 0 Å². The molecule has 0 N–H and O–H groups in total. The number of aryl methyl sites for hydroxylation is 2. The summed E-state index contributed by atoms with van der Waals surface area (Å²) in [5, 5.41) is 3.36. The molecule has 2 aromatic heterocycles. The third kappa shape index (κ3) is 2.47. The van der Waals surface area contributed by atoms with Crippen LogP contribution in [0.5, 0.6) is 0 Å². The topological polar surface area (TPSA) is 44.0 Å². The highest BCUT2D eigenvalue weighted by atomic mass is 16.1. The minimum absolute atomic E-state index is 0.00432. The highest BCUT2D eigenvalue weighted by Crippen LogP contribution is 2.22. The van der Waals surface area contributed by atoms with Crippen LogP contribution in [0.25, 0.3) is 21.5 Å². The Labute approximate surface area is 144 Å². The van der Waals surface area contributed by atoms with Crippen LogP contribution in [-0.4, -0.2) is 9.13 Å². The van der Waals surface area contributed by atoms with Gasteiger partial charge in [-0.2, -0.15) is 0 Å². The maximum atomic E-state index is 12.4. The molecule has 124 valence electrons. The van der Waals surface area contributed by atoms with Gasteiger partial charge in [-0.15, -0.1) is 0 Å². The fourth-order valence-electron chi connectivity index (χ4n) is 3.49. The largest absolute Gasteiger partial charge is 0.318 e. The average Bonchev–Trinajstić information content (AvgIpc) is 2.64. The van der Waals surface area contributed by atoms with Crippen LogP contribution in [0.1, 0.15) is 11.1 Å². The molecule has 0 fully saturated rings. The van der Waals surface area contributed by atoms with E-state index in [0.717, 1.165) is 32.7 Å². The summed E-state index contributed by atoms with van der Waals surface area (Å²) in [5.41, 5.74) is 2.15. The third-order valence-electron chi connectivity index (χ3n) is 4.73. The van der Waals surface area contributed by atoms with E-state index in [2.05, 4.69) is 0 Å². The van der Waals surface area contributed by atoms with Gasteiger partial charge in [0.1, 0.15) is 0 Å². The molecule has 0 saturated carbocycles. The number of pyridine rings is 2. The summed E-state index contributed by atoms with van der Waals surface area (Å²) in [4.78, 5) is 24.7. The molecule has 0 spiro atoms. The van der Waals surface area contributed by atoms with Gasteiger partial charge < -0.3 is 9.13 Å². The first-order chi connectivity index (χ1) is 12.1. The number of aromatic nitrogens is 2. The summed E-state index contributed by atoms with van der Waals surface area (Å²) in [6.07, 6.45) is 4.44. The quantitative estimate of drug-likeness (QED) is 0.567. The lowest BCUT2D eigenvalue weighted by atomic mass is 9.98. The van der Waals surface area contributed by atoms with E-state index in [1.165, 1.54) is 0 Å². The molecule has 0 bridgehead atoms. The Morgan fingerprint density at radius 2 is 1.00 bits per heavy atom. The summed E-state index contributed by atoms with van der Waals surface area (Å²) in [5.74, 6) is 0. The molecule has 2 aromatic carbocycles. The van der Waals surface area contributed by atoms with E-state index in [1.54, 1.807) is 23.2 Å². The number of hydrogen-bond acceptors (Lipinski definition) is 2. The van der Waals surface area contributed by atoms with E-state index < -0.39 is 0 Å². The van der Waals surface area contributed by atoms with Crippen molar-refractivity contribution in [3.05, 3.63) is 92.8 Å². The second-order valence-corrected chi connectivity index (χ2v) is 6.41. The van der Waals surface area contributed by atoms with E-state index in [9.17, 15) is 9.59 Å². The van der Waals surface area contributed by atoms with Gasteiger partial charge in [0.25, 0.3) is 11.1 Å². The average molecular weight is 330 g/mol. The first-order valence-corrected chi connectivity index (χ1v) is 8.21. The maximum absolute atomic E-state index is 12.4. The van der Waals surface area contributed by atoms with E-state index in [1.807, 2.05) is 60.9 Å². The summed E-state index contributed by atoms with van der Waals surface area (Å²) in [6, 6.07) is 15.4. The maximum Gasteiger partial charge on any atom is 0.258 e. The third-order valence-corrected chi connectivity index (χ3v) is 4.73. The lowest BCUT2D eigenvalue weighted by Gasteiger charge is -2.12. The van der Waals surface area contributed by atoms with Gasteiger partial charge in [-0.25, -0.2) is 0 Å². The van der Waals surface area contributed by atoms with Crippen molar-refractivity contribution in [3.8, 4) is 0 Å². The SMILES string of the molecule is Cn1cc(Cc2cn(C)c(=O)c3ccccc23)c2ccccc2c1=O. The molecule has 0 radical (unpaired) electrons. The van der Waals surface area contributed by atoms with E-state index >= 15 is 0 Å². The highest BCUT2D eigenvalue weighted by molar-refractivity contribution is 5.88. The van der Waals surface area contributed by atoms with Gasteiger partial charge in [-0.05, 0) is 34.0 Å². The van der Waals surface area contributed by atoms with Crippen LogP contribution in [-0.2, 0) is 20.5 Å². The molecule has 0 amide bonds. The summed E-state index contributed by atoms with van der Waals surface area (Å²) in [7, 11) is 3.55. The molecule has 0 saturated heterocycles. The number of benzene rings is 2. The van der Waals surface area contributed by atoms with Crippen LogP contribution in [0, 0.1) is 0 Å². The Morgan fingerprint density at radius 1 is 0.640 bits per heavy atom. The van der Waals surface area contributed by atoms with Crippen LogP contribution in [0.4, 0.5) is 0 Å². The summed E-state index contributed by atoms with van der Waals surface area (Å²) in [6.45, 7) is 0. The summed E-state index contributed by atoms with van der Waals surface area (Å²) >= 11 is 0. The fraction of sp³-hybridized carbons (Fsp3) is 0.143. The molecule has 0 unspecified atom stereocenters. The smallest absolute Gasteiger partial charge is 0.258 e. The molecule has 4 aromatic rings. The van der Waals surface area contributed by atoms with Gasteiger partial charge in [-0.1, -0.05) is 36.4 Å². The van der Waals surface area contributed by atoms with Gasteiger partial charge in [0, 0.05) is 43.7 Å².